The highest BCUT2D eigenvalue weighted by molar-refractivity contribution is 6.17. The number of anilines is 1. The monoisotopic (exact) mass is 239 g/mol. The van der Waals surface area contributed by atoms with Gasteiger partial charge in [0.1, 0.15) is 5.82 Å². The molecule has 1 aromatic heterocycles. The topological polar surface area (TPSA) is 37.8 Å². The van der Waals surface area contributed by atoms with Gasteiger partial charge in [0, 0.05) is 12.4 Å². The standard InChI is InChI=1S/C8H9ClF3N3/c9-4-1-5-13-7-3-2-6(14-15-7)8(10,11)12/h2-3H,1,4-5H2,(H,13,15). The van der Waals surface area contributed by atoms with Crippen LogP contribution >= 0.6 is 11.6 Å². The zero-order valence-electron chi connectivity index (χ0n) is 7.68. The number of nitrogens with zero attached hydrogens (tertiary/aromatic N) is 2. The van der Waals surface area contributed by atoms with Gasteiger partial charge in [0.05, 0.1) is 0 Å². The first-order valence-electron chi connectivity index (χ1n) is 4.25. The zero-order valence-corrected chi connectivity index (χ0v) is 8.44. The first-order chi connectivity index (χ1) is 7.04. The molecule has 0 aliphatic carbocycles. The van der Waals surface area contributed by atoms with Crippen LogP contribution in [0.3, 0.4) is 0 Å². The van der Waals surface area contributed by atoms with Crippen LogP contribution in [0.1, 0.15) is 12.1 Å². The maximum atomic E-state index is 12.1. The van der Waals surface area contributed by atoms with Crippen molar-refractivity contribution < 1.29 is 13.2 Å². The molecule has 0 aliphatic heterocycles. The normalized spacial score (nSPS) is 11.5. The van der Waals surface area contributed by atoms with Crippen molar-refractivity contribution in [2.24, 2.45) is 0 Å². The van der Waals surface area contributed by atoms with Gasteiger partial charge >= 0.3 is 6.18 Å². The summed E-state index contributed by atoms with van der Waals surface area (Å²) in [5, 5.41) is 9.25. The van der Waals surface area contributed by atoms with Gasteiger partial charge in [-0.05, 0) is 18.6 Å². The molecule has 0 bridgehead atoms. The third-order valence-corrected chi connectivity index (χ3v) is 1.84. The Bertz CT molecular complexity index is 299. The van der Waals surface area contributed by atoms with Crippen LogP contribution in [0.2, 0.25) is 0 Å². The Morgan fingerprint density at radius 2 is 2.00 bits per heavy atom. The van der Waals surface area contributed by atoms with Gasteiger partial charge < -0.3 is 5.32 Å². The van der Waals surface area contributed by atoms with E-state index in [9.17, 15) is 13.2 Å². The van der Waals surface area contributed by atoms with Crippen LogP contribution in [-0.4, -0.2) is 22.6 Å². The second-order valence-corrected chi connectivity index (χ2v) is 3.15. The Labute approximate surface area is 89.6 Å². The first-order valence-corrected chi connectivity index (χ1v) is 4.78. The average Bonchev–Trinajstić information content (AvgIpc) is 2.18. The Balaban J connectivity index is 2.57. The van der Waals surface area contributed by atoms with E-state index in [-0.39, 0.29) is 0 Å². The van der Waals surface area contributed by atoms with E-state index in [4.69, 9.17) is 11.6 Å². The highest BCUT2D eigenvalue weighted by atomic mass is 35.5. The lowest BCUT2D eigenvalue weighted by Gasteiger charge is -2.06. The second-order valence-electron chi connectivity index (χ2n) is 2.77. The lowest BCUT2D eigenvalue weighted by Crippen LogP contribution is -2.11. The summed E-state index contributed by atoms with van der Waals surface area (Å²) in [6, 6.07) is 2.13. The van der Waals surface area contributed by atoms with E-state index >= 15 is 0 Å². The number of halogens is 4. The molecule has 0 atom stereocenters. The van der Waals surface area contributed by atoms with Crippen LogP contribution in [0.4, 0.5) is 19.0 Å². The van der Waals surface area contributed by atoms with Crippen molar-refractivity contribution in [2.75, 3.05) is 17.7 Å². The van der Waals surface area contributed by atoms with Gasteiger partial charge in [0.15, 0.2) is 5.69 Å². The third kappa shape index (κ3) is 3.91. The van der Waals surface area contributed by atoms with E-state index in [0.29, 0.717) is 24.7 Å². The van der Waals surface area contributed by atoms with E-state index in [1.807, 2.05) is 0 Å². The van der Waals surface area contributed by atoms with Crippen molar-refractivity contribution in [1.29, 1.82) is 0 Å². The number of nitrogens with one attached hydrogen (secondary N) is 1. The van der Waals surface area contributed by atoms with Gasteiger partial charge in [-0.15, -0.1) is 21.8 Å². The average molecular weight is 240 g/mol. The fourth-order valence-corrected chi connectivity index (χ4v) is 0.995. The summed E-state index contributed by atoms with van der Waals surface area (Å²) in [4.78, 5) is 0. The molecule has 0 amide bonds. The Hall–Kier alpha value is -1.04. The van der Waals surface area contributed by atoms with E-state index < -0.39 is 11.9 Å². The molecule has 1 N–H and O–H groups in total. The number of rotatable bonds is 4. The van der Waals surface area contributed by atoms with E-state index in [0.717, 1.165) is 6.07 Å². The van der Waals surface area contributed by atoms with Crippen LogP contribution in [0, 0.1) is 0 Å². The molecule has 0 unspecified atom stereocenters. The molecule has 3 nitrogen and oxygen atoms in total. The van der Waals surface area contributed by atoms with Gasteiger partial charge in [0.25, 0.3) is 0 Å². The van der Waals surface area contributed by atoms with Crippen LogP contribution in [-0.2, 0) is 6.18 Å². The molecule has 0 saturated heterocycles. The second kappa shape index (κ2) is 5.16. The molecule has 7 heteroatoms. The maximum absolute atomic E-state index is 12.1. The number of hydrogen-bond donors (Lipinski definition) is 1. The molecule has 0 saturated carbocycles. The molecule has 15 heavy (non-hydrogen) atoms. The highest BCUT2D eigenvalue weighted by Crippen LogP contribution is 2.26. The summed E-state index contributed by atoms with van der Waals surface area (Å²) in [5.41, 5.74) is -0.995. The van der Waals surface area contributed by atoms with Gasteiger partial charge in [-0.1, -0.05) is 0 Å². The minimum atomic E-state index is -4.44. The van der Waals surface area contributed by atoms with Gasteiger partial charge in [-0.25, -0.2) is 0 Å². The Kier molecular flexibility index (Phi) is 4.14. The highest BCUT2D eigenvalue weighted by Gasteiger charge is 2.32. The number of aromatic nitrogens is 2. The SMILES string of the molecule is FC(F)(F)c1ccc(NCCCCl)nn1. The van der Waals surface area contributed by atoms with Gasteiger partial charge in [-0.3, -0.25) is 0 Å². The predicted octanol–water partition coefficient (Wildman–Crippen LogP) is 2.54. The van der Waals surface area contributed by atoms with Crippen molar-refractivity contribution >= 4 is 17.4 Å². The number of alkyl halides is 4. The van der Waals surface area contributed by atoms with Crippen LogP contribution in [0.5, 0.6) is 0 Å². The molecule has 1 aromatic rings. The first kappa shape index (κ1) is 12.0. The molecule has 84 valence electrons. The summed E-state index contributed by atoms with van der Waals surface area (Å²) >= 11 is 5.43. The fourth-order valence-electron chi connectivity index (χ4n) is 0.861. The largest absolute Gasteiger partial charge is 0.435 e. The minimum Gasteiger partial charge on any atom is -0.369 e. The van der Waals surface area contributed by atoms with Crippen LogP contribution in [0.15, 0.2) is 12.1 Å². The lowest BCUT2D eigenvalue weighted by atomic mass is 10.3. The van der Waals surface area contributed by atoms with Crippen molar-refractivity contribution in [3.8, 4) is 0 Å². The van der Waals surface area contributed by atoms with E-state index in [2.05, 4.69) is 15.5 Å². The lowest BCUT2D eigenvalue weighted by molar-refractivity contribution is -0.141. The maximum Gasteiger partial charge on any atom is 0.435 e. The summed E-state index contributed by atoms with van der Waals surface area (Å²) in [6.45, 7) is 0.559. The zero-order chi connectivity index (χ0) is 11.3. The molecule has 0 fully saturated rings. The minimum absolute atomic E-state index is 0.313. The number of hydrogen-bond acceptors (Lipinski definition) is 3. The fraction of sp³-hybridized carbons (Fsp3) is 0.500. The molecule has 1 heterocycles. The van der Waals surface area contributed by atoms with Crippen molar-refractivity contribution in [1.82, 2.24) is 10.2 Å². The quantitative estimate of drug-likeness (QED) is 0.648. The van der Waals surface area contributed by atoms with E-state index in [1.165, 1.54) is 6.07 Å². The predicted molar refractivity (Wildman–Crippen MR) is 50.9 cm³/mol. The van der Waals surface area contributed by atoms with Crippen LogP contribution < -0.4 is 5.32 Å². The summed E-state index contributed by atoms with van der Waals surface area (Å²) in [5.74, 6) is 0.800. The van der Waals surface area contributed by atoms with Crippen LogP contribution in [0.25, 0.3) is 0 Å². The van der Waals surface area contributed by atoms with Gasteiger partial charge in [-0.2, -0.15) is 13.2 Å². The molecular weight excluding hydrogens is 231 g/mol. The van der Waals surface area contributed by atoms with Gasteiger partial charge in [0.2, 0.25) is 0 Å². The molecule has 0 radical (unpaired) electrons. The molecule has 1 rings (SSSR count). The molecule has 0 spiro atoms. The Morgan fingerprint density at radius 1 is 1.27 bits per heavy atom. The van der Waals surface area contributed by atoms with Crippen molar-refractivity contribution in [3.63, 3.8) is 0 Å². The molecule has 0 aromatic carbocycles. The van der Waals surface area contributed by atoms with Crippen molar-refractivity contribution in [2.45, 2.75) is 12.6 Å². The summed E-state index contributed by atoms with van der Waals surface area (Å²) < 4.78 is 36.3. The molecule has 0 aliphatic rings. The third-order valence-electron chi connectivity index (χ3n) is 1.57. The van der Waals surface area contributed by atoms with Crippen molar-refractivity contribution in [3.05, 3.63) is 17.8 Å². The summed E-state index contributed by atoms with van der Waals surface area (Å²) in [7, 11) is 0. The van der Waals surface area contributed by atoms with E-state index in [1.54, 1.807) is 0 Å². The summed E-state index contributed by atoms with van der Waals surface area (Å²) in [6.07, 6.45) is -3.73. The Morgan fingerprint density at radius 3 is 2.47 bits per heavy atom. The smallest absolute Gasteiger partial charge is 0.369 e. The molecular formula is C8H9ClF3N3.